The van der Waals surface area contributed by atoms with Crippen molar-refractivity contribution in [2.24, 2.45) is 0 Å². The maximum absolute atomic E-state index is 5.01. The highest BCUT2D eigenvalue weighted by molar-refractivity contribution is 7.13. The van der Waals surface area contributed by atoms with Gasteiger partial charge in [0.05, 0.1) is 10.6 Å². The Labute approximate surface area is 147 Å². The van der Waals surface area contributed by atoms with Crippen LogP contribution in [0.3, 0.4) is 0 Å². The zero-order valence-corrected chi connectivity index (χ0v) is 14.7. The zero-order valence-electron chi connectivity index (χ0n) is 13.1. The smallest absolute Gasteiger partial charge is 0.137 e. The first-order valence-electron chi connectivity index (χ1n) is 7.68. The number of thiophene rings is 1. The Morgan fingerprint density at radius 3 is 2.52 bits per heavy atom. The van der Waals surface area contributed by atoms with Crippen molar-refractivity contribution in [2.45, 2.75) is 0 Å². The molecule has 0 aliphatic carbocycles. The number of hydrogen-bond donors (Lipinski definition) is 0. The van der Waals surface area contributed by atoms with Gasteiger partial charge in [-0.2, -0.15) is 0 Å². The SMILES string of the molecule is CN1CCN(c2nc(-c3cccs3)cc3ccccc23)CC1.Cl. The van der Waals surface area contributed by atoms with Gasteiger partial charge in [0.15, 0.2) is 0 Å². The quantitative estimate of drug-likeness (QED) is 0.696. The zero-order chi connectivity index (χ0) is 14.9. The summed E-state index contributed by atoms with van der Waals surface area (Å²) in [5.74, 6) is 1.13. The summed E-state index contributed by atoms with van der Waals surface area (Å²) in [6.07, 6.45) is 0. The Balaban J connectivity index is 0.00000156. The van der Waals surface area contributed by atoms with Crippen LogP contribution in [-0.4, -0.2) is 43.1 Å². The Kier molecular flexibility index (Phi) is 4.85. The number of piperazine rings is 1. The molecule has 0 unspecified atom stereocenters. The van der Waals surface area contributed by atoms with Gasteiger partial charge in [0.2, 0.25) is 0 Å². The van der Waals surface area contributed by atoms with E-state index in [1.807, 2.05) is 0 Å². The van der Waals surface area contributed by atoms with Gasteiger partial charge in [0.1, 0.15) is 5.82 Å². The van der Waals surface area contributed by atoms with E-state index in [2.05, 4.69) is 64.7 Å². The third-order valence-electron chi connectivity index (χ3n) is 4.30. The Hall–Kier alpha value is -1.62. The minimum atomic E-state index is 0. The first-order chi connectivity index (χ1) is 10.8. The fourth-order valence-electron chi connectivity index (χ4n) is 2.99. The second-order valence-corrected chi connectivity index (χ2v) is 6.77. The van der Waals surface area contributed by atoms with Crippen molar-refractivity contribution >= 4 is 40.3 Å². The van der Waals surface area contributed by atoms with Gasteiger partial charge < -0.3 is 9.80 Å². The van der Waals surface area contributed by atoms with Gasteiger partial charge >= 0.3 is 0 Å². The second kappa shape index (κ2) is 6.87. The lowest BCUT2D eigenvalue weighted by Gasteiger charge is -2.34. The normalized spacial score (nSPS) is 15.6. The summed E-state index contributed by atoms with van der Waals surface area (Å²) in [5.41, 5.74) is 1.09. The van der Waals surface area contributed by atoms with Crippen LogP contribution in [0.4, 0.5) is 5.82 Å². The van der Waals surface area contributed by atoms with Crippen LogP contribution in [-0.2, 0) is 0 Å². The van der Waals surface area contributed by atoms with Crippen molar-refractivity contribution < 1.29 is 0 Å². The number of halogens is 1. The number of aromatic nitrogens is 1. The summed E-state index contributed by atoms with van der Waals surface area (Å²) in [6, 6.07) is 15.0. The molecule has 1 aliphatic heterocycles. The maximum Gasteiger partial charge on any atom is 0.137 e. The molecule has 0 spiro atoms. The summed E-state index contributed by atoms with van der Waals surface area (Å²) in [5, 5.41) is 4.64. The van der Waals surface area contributed by atoms with E-state index >= 15 is 0 Å². The molecule has 0 bridgehead atoms. The molecule has 4 rings (SSSR count). The molecule has 0 amide bonds. The average Bonchev–Trinajstić information content (AvgIpc) is 3.09. The molecule has 0 radical (unpaired) electrons. The molecule has 120 valence electrons. The van der Waals surface area contributed by atoms with E-state index in [0.717, 1.165) is 37.7 Å². The molecule has 1 aromatic carbocycles. The summed E-state index contributed by atoms with van der Waals surface area (Å²) >= 11 is 1.75. The molecular weight excluding hydrogens is 326 g/mol. The Morgan fingerprint density at radius 1 is 1.00 bits per heavy atom. The Morgan fingerprint density at radius 2 is 1.78 bits per heavy atom. The van der Waals surface area contributed by atoms with Crippen LogP contribution in [0, 0.1) is 0 Å². The van der Waals surface area contributed by atoms with E-state index in [-0.39, 0.29) is 12.4 Å². The Bertz CT molecular complexity index is 780. The molecule has 0 N–H and O–H groups in total. The molecule has 1 saturated heterocycles. The van der Waals surface area contributed by atoms with Crippen molar-refractivity contribution in [1.29, 1.82) is 0 Å². The topological polar surface area (TPSA) is 19.4 Å². The van der Waals surface area contributed by atoms with E-state index in [4.69, 9.17) is 4.98 Å². The first-order valence-corrected chi connectivity index (χ1v) is 8.56. The highest BCUT2D eigenvalue weighted by Crippen LogP contribution is 2.32. The largest absolute Gasteiger partial charge is 0.354 e. The number of rotatable bonds is 2. The van der Waals surface area contributed by atoms with Gasteiger partial charge in [-0.1, -0.05) is 30.3 Å². The van der Waals surface area contributed by atoms with Crippen LogP contribution < -0.4 is 4.90 Å². The van der Waals surface area contributed by atoms with Gasteiger partial charge in [-0.15, -0.1) is 23.7 Å². The molecule has 5 heteroatoms. The number of likely N-dealkylation sites (N-methyl/N-ethyl adjacent to an activating group) is 1. The van der Waals surface area contributed by atoms with Crippen LogP contribution in [0.25, 0.3) is 21.3 Å². The maximum atomic E-state index is 5.01. The second-order valence-electron chi connectivity index (χ2n) is 5.82. The molecule has 0 atom stereocenters. The molecule has 1 fully saturated rings. The predicted molar refractivity (Wildman–Crippen MR) is 102 cm³/mol. The molecule has 2 aromatic heterocycles. The van der Waals surface area contributed by atoms with Crippen molar-refractivity contribution in [3.63, 3.8) is 0 Å². The molecule has 3 aromatic rings. The van der Waals surface area contributed by atoms with Crippen LogP contribution in [0.1, 0.15) is 0 Å². The van der Waals surface area contributed by atoms with Gasteiger partial charge in [0.25, 0.3) is 0 Å². The first kappa shape index (κ1) is 16.2. The standard InChI is InChI=1S/C18H19N3S.ClH/c1-20-8-10-21(11-9-20)18-15-6-3-2-5-14(15)13-16(19-18)17-7-4-12-22-17;/h2-7,12-13H,8-11H2,1H3;1H. The number of benzene rings is 1. The van der Waals surface area contributed by atoms with Gasteiger partial charge in [-0.25, -0.2) is 4.98 Å². The van der Waals surface area contributed by atoms with E-state index in [9.17, 15) is 0 Å². The lowest BCUT2D eigenvalue weighted by atomic mass is 10.1. The van der Waals surface area contributed by atoms with Crippen molar-refractivity contribution in [3.8, 4) is 10.6 Å². The molecule has 0 saturated carbocycles. The van der Waals surface area contributed by atoms with E-state index < -0.39 is 0 Å². The molecule has 3 heterocycles. The number of anilines is 1. The van der Waals surface area contributed by atoms with Gasteiger partial charge in [0, 0.05) is 31.6 Å². The number of pyridine rings is 1. The summed E-state index contributed by atoms with van der Waals surface area (Å²) < 4.78 is 0. The van der Waals surface area contributed by atoms with Crippen LogP contribution in [0.5, 0.6) is 0 Å². The third kappa shape index (κ3) is 3.20. The molecule has 23 heavy (non-hydrogen) atoms. The predicted octanol–water partition coefficient (Wildman–Crippen LogP) is 4.14. The summed E-state index contributed by atoms with van der Waals surface area (Å²) in [6.45, 7) is 4.28. The number of hydrogen-bond acceptors (Lipinski definition) is 4. The summed E-state index contributed by atoms with van der Waals surface area (Å²) in [4.78, 5) is 11.1. The van der Waals surface area contributed by atoms with Crippen LogP contribution in [0.15, 0.2) is 47.8 Å². The van der Waals surface area contributed by atoms with Crippen molar-refractivity contribution in [3.05, 3.63) is 47.8 Å². The number of nitrogens with zero attached hydrogens (tertiary/aromatic N) is 3. The highest BCUT2D eigenvalue weighted by atomic mass is 35.5. The monoisotopic (exact) mass is 345 g/mol. The van der Waals surface area contributed by atoms with Crippen molar-refractivity contribution in [2.75, 3.05) is 38.1 Å². The van der Waals surface area contributed by atoms with E-state index in [1.54, 1.807) is 11.3 Å². The van der Waals surface area contributed by atoms with Crippen molar-refractivity contribution in [1.82, 2.24) is 9.88 Å². The number of fused-ring (bicyclic) bond motifs is 1. The lowest BCUT2D eigenvalue weighted by Crippen LogP contribution is -2.44. The summed E-state index contributed by atoms with van der Waals surface area (Å²) in [7, 11) is 2.19. The highest BCUT2D eigenvalue weighted by Gasteiger charge is 2.18. The molecule has 1 aliphatic rings. The fourth-order valence-corrected chi connectivity index (χ4v) is 3.68. The fraction of sp³-hybridized carbons (Fsp3) is 0.278. The average molecular weight is 346 g/mol. The molecular formula is C18H20ClN3S. The minimum absolute atomic E-state index is 0. The van der Waals surface area contributed by atoms with E-state index in [0.29, 0.717) is 0 Å². The minimum Gasteiger partial charge on any atom is -0.354 e. The van der Waals surface area contributed by atoms with E-state index in [1.165, 1.54) is 15.6 Å². The lowest BCUT2D eigenvalue weighted by molar-refractivity contribution is 0.312. The van der Waals surface area contributed by atoms with Crippen LogP contribution in [0.2, 0.25) is 0 Å². The van der Waals surface area contributed by atoms with Gasteiger partial charge in [-0.3, -0.25) is 0 Å². The third-order valence-corrected chi connectivity index (χ3v) is 5.19. The van der Waals surface area contributed by atoms with Gasteiger partial charge in [-0.05, 0) is 29.9 Å². The van der Waals surface area contributed by atoms with Crippen LogP contribution >= 0.6 is 23.7 Å². The molecule has 3 nitrogen and oxygen atoms in total.